The zero-order valence-electron chi connectivity index (χ0n) is 13.2. The summed E-state index contributed by atoms with van der Waals surface area (Å²) in [6.45, 7) is 1.70. The van der Waals surface area contributed by atoms with Crippen LogP contribution in [-0.4, -0.2) is 25.0 Å². The highest BCUT2D eigenvalue weighted by Gasteiger charge is 2.14. The second kappa shape index (κ2) is 7.98. The summed E-state index contributed by atoms with van der Waals surface area (Å²) in [6, 6.07) is 16.4. The van der Waals surface area contributed by atoms with Crippen molar-refractivity contribution in [3.05, 3.63) is 60.2 Å². The van der Waals surface area contributed by atoms with E-state index in [-0.39, 0.29) is 11.8 Å². The van der Waals surface area contributed by atoms with E-state index in [4.69, 9.17) is 4.74 Å². The van der Waals surface area contributed by atoms with Crippen LogP contribution in [0.5, 0.6) is 5.75 Å². The number of likely N-dealkylation sites (N-methyl/N-ethyl adjacent to an activating group) is 1. The number of carbonyl (C=O) groups excluding carboxylic acids is 2. The zero-order chi connectivity index (χ0) is 16.7. The molecule has 1 atom stereocenters. The number of nitrogens with one attached hydrogen (secondary N) is 2. The van der Waals surface area contributed by atoms with Gasteiger partial charge in [-0.15, -0.1) is 0 Å². The maximum absolute atomic E-state index is 12.1. The van der Waals surface area contributed by atoms with Gasteiger partial charge in [-0.2, -0.15) is 0 Å². The number of para-hydroxylation sites is 1. The number of benzene rings is 2. The topological polar surface area (TPSA) is 67.4 Å². The monoisotopic (exact) mass is 312 g/mol. The number of hydrogen-bond donors (Lipinski definition) is 2. The molecule has 5 heteroatoms. The Kier molecular flexibility index (Phi) is 5.74. The fourth-order valence-corrected chi connectivity index (χ4v) is 1.98. The average molecular weight is 312 g/mol. The summed E-state index contributed by atoms with van der Waals surface area (Å²) >= 11 is 0. The van der Waals surface area contributed by atoms with Crippen LogP contribution in [-0.2, 0) is 16.0 Å². The van der Waals surface area contributed by atoms with Gasteiger partial charge < -0.3 is 15.4 Å². The molecular formula is C18H20N2O3. The van der Waals surface area contributed by atoms with Gasteiger partial charge in [0.05, 0.1) is 6.42 Å². The van der Waals surface area contributed by atoms with E-state index in [1.807, 2.05) is 30.3 Å². The van der Waals surface area contributed by atoms with E-state index >= 15 is 0 Å². The molecule has 0 spiro atoms. The van der Waals surface area contributed by atoms with Crippen LogP contribution in [0.2, 0.25) is 0 Å². The van der Waals surface area contributed by atoms with E-state index in [9.17, 15) is 9.59 Å². The lowest BCUT2D eigenvalue weighted by atomic mass is 10.1. The van der Waals surface area contributed by atoms with Gasteiger partial charge in [0.25, 0.3) is 5.91 Å². The molecule has 0 unspecified atom stereocenters. The molecule has 2 aromatic rings. The molecule has 23 heavy (non-hydrogen) atoms. The zero-order valence-corrected chi connectivity index (χ0v) is 13.2. The lowest BCUT2D eigenvalue weighted by molar-refractivity contribution is -0.122. The highest BCUT2D eigenvalue weighted by atomic mass is 16.5. The van der Waals surface area contributed by atoms with Crippen LogP contribution in [0.25, 0.3) is 0 Å². The summed E-state index contributed by atoms with van der Waals surface area (Å²) in [5.74, 6) is 0.371. The fraction of sp³-hybridized carbons (Fsp3) is 0.222. The van der Waals surface area contributed by atoms with Crippen molar-refractivity contribution < 1.29 is 14.3 Å². The first-order valence-electron chi connectivity index (χ1n) is 7.40. The molecular weight excluding hydrogens is 292 g/mol. The van der Waals surface area contributed by atoms with Crippen molar-refractivity contribution >= 4 is 17.5 Å². The Balaban J connectivity index is 1.90. The van der Waals surface area contributed by atoms with E-state index in [1.54, 1.807) is 38.2 Å². The summed E-state index contributed by atoms with van der Waals surface area (Å²) in [7, 11) is 1.60. The smallest absolute Gasteiger partial charge is 0.265 e. The van der Waals surface area contributed by atoms with Crippen molar-refractivity contribution in [1.29, 1.82) is 0 Å². The molecule has 0 fully saturated rings. The number of ether oxygens (including phenoxy) is 1. The Hall–Kier alpha value is -2.82. The average Bonchev–Trinajstić information content (AvgIpc) is 2.57. The first-order valence-corrected chi connectivity index (χ1v) is 7.40. The lowest BCUT2D eigenvalue weighted by Gasteiger charge is -2.14. The minimum Gasteiger partial charge on any atom is -0.481 e. The first-order chi connectivity index (χ1) is 11.1. The van der Waals surface area contributed by atoms with E-state index in [1.165, 1.54) is 0 Å². The molecule has 120 valence electrons. The Morgan fingerprint density at radius 1 is 1.04 bits per heavy atom. The maximum Gasteiger partial charge on any atom is 0.265 e. The van der Waals surface area contributed by atoms with Gasteiger partial charge in [0, 0.05) is 12.7 Å². The molecule has 2 N–H and O–H groups in total. The van der Waals surface area contributed by atoms with Gasteiger partial charge in [-0.25, -0.2) is 0 Å². The van der Waals surface area contributed by atoms with Crippen molar-refractivity contribution in [3.8, 4) is 5.75 Å². The van der Waals surface area contributed by atoms with Gasteiger partial charge in [0.15, 0.2) is 6.10 Å². The summed E-state index contributed by atoms with van der Waals surface area (Å²) in [4.78, 5) is 23.4. The van der Waals surface area contributed by atoms with Crippen LogP contribution in [0.3, 0.4) is 0 Å². The standard InChI is InChI=1S/C18H20N2O3/c1-13(23-16-6-4-3-5-7-16)18(22)20-15-10-8-14(9-11-15)12-17(21)19-2/h3-11,13H,12H2,1-2H3,(H,19,21)(H,20,22)/t13-/m1/s1. The highest BCUT2D eigenvalue weighted by Crippen LogP contribution is 2.14. The van der Waals surface area contributed by atoms with Gasteiger partial charge in [-0.1, -0.05) is 30.3 Å². The molecule has 0 aliphatic heterocycles. The van der Waals surface area contributed by atoms with Crippen LogP contribution >= 0.6 is 0 Å². The Bertz CT molecular complexity index is 654. The maximum atomic E-state index is 12.1. The molecule has 0 saturated carbocycles. The van der Waals surface area contributed by atoms with Gasteiger partial charge in [0.2, 0.25) is 5.91 Å². The van der Waals surface area contributed by atoms with Crippen molar-refractivity contribution in [3.63, 3.8) is 0 Å². The van der Waals surface area contributed by atoms with E-state index < -0.39 is 6.10 Å². The molecule has 0 saturated heterocycles. The molecule has 2 amide bonds. The van der Waals surface area contributed by atoms with Crippen molar-refractivity contribution in [2.24, 2.45) is 0 Å². The molecule has 5 nitrogen and oxygen atoms in total. The number of hydrogen-bond acceptors (Lipinski definition) is 3. The second-order valence-corrected chi connectivity index (χ2v) is 5.11. The van der Waals surface area contributed by atoms with E-state index in [0.717, 1.165) is 5.56 Å². The van der Waals surface area contributed by atoms with Gasteiger partial charge in [-0.3, -0.25) is 9.59 Å². The number of amides is 2. The fourth-order valence-electron chi connectivity index (χ4n) is 1.98. The van der Waals surface area contributed by atoms with Gasteiger partial charge in [0.1, 0.15) is 5.75 Å². The molecule has 0 bridgehead atoms. The van der Waals surface area contributed by atoms with Crippen LogP contribution in [0, 0.1) is 0 Å². The van der Waals surface area contributed by atoms with Crippen molar-refractivity contribution in [2.45, 2.75) is 19.4 Å². The molecule has 2 rings (SSSR count). The van der Waals surface area contributed by atoms with Gasteiger partial charge >= 0.3 is 0 Å². The lowest BCUT2D eigenvalue weighted by Crippen LogP contribution is -2.30. The number of carbonyl (C=O) groups is 2. The third-order valence-corrected chi connectivity index (χ3v) is 3.29. The minimum absolute atomic E-state index is 0.0494. The Morgan fingerprint density at radius 3 is 2.30 bits per heavy atom. The van der Waals surface area contributed by atoms with Crippen molar-refractivity contribution in [1.82, 2.24) is 5.32 Å². The summed E-state index contributed by atoms with van der Waals surface area (Å²) < 4.78 is 5.57. The number of anilines is 1. The van der Waals surface area contributed by atoms with Crippen LogP contribution in [0.4, 0.5) is 5.69 Å². The predicted molar refractivity (Wildman–Crippen MR) is 89.4 cm³/mol. The van der Waals surface area contributed by atoms with E-state index in [2.05, 4.69) is 10.6 Å². The SMILES string of the molecule is CNC(=O)Cc1ccc(NC(=O)[C@@H](C)Oc2ccccc2)cc1. The molecule has 0 heterocycles. The first kappa shape index (κ1) is 16.5. The molecule has 0 aliphatic rings. The van der Waals surface area contributed by atoms with E-state index in [0.29, 0.717) is 17.9 Å². The van der Waals surface area contributed by atoms with Crippen LogP contribution in [0.1, 0.15) is 12.5 Å². The van der Waals surface area contributed by atoms with Crippen molar-refractivity contribution in [2.75, 3.05) is 12.4 Å². The third-order valence-electron chi connectivity index (χ3n) is 3.29. The van der Waals surface area contributed by atoms with Crippen LogP contribution in [0.15, 0.2) is 54.6 Å². The summed E-state index contributed by atoms with van der Waals surface area (Å²) in [6.07, 6.45) is -0.291. The molecule has 0 radical (unpaired) electrons. The molecule has 0 aromatic heterocycles. The minimum atomic E-state index is -0.608. The summed E-state index contributed by atoms with van der Waals surface area (Å²) in [5, 5.41) is 5.37. The Morgan fingerprint density at radius 2 is 1.70 bits per heavy atom. The summed E-state index contributed by atoms with van der Waals surface area (Å²) in [5.41, 5.74) is 1.55. The predicted octanol–water partition coefficient (Wildman–Crippen LogP) is 2.38. The molecule has 0 aliphatic carbocycles. The molecule has 2 aromatic carbocycles. The van der Waals surface area contributed by atoms with Gasteiger partial charge in [-0.05, 0) is 36.8 Å². The third kappa shape index (κ3) is 5.14. The largest absolute Gasteiger partial charge is 0.481 e. The van der Waals surface area contributed by atoms with Crippen LogP contribution < -0.4 is 15.4 Å². The quantitative estimate of drug-likeness (QED) is 0.860. The normalized spacial score (nSPS) is 11.4. The second-order valence-electron chi connectivity index (χ2n) is 5.11. The highest BCUT2D eigenvalue weighted by molar-refractivity contribution is 5.94. The Labute approximate surface area is 135 Å². The number of rotatable bonds is 6.